The number of nitrogens with one attached hydrogen (secondary N) is 1. The highest BCUT2D eigenvalue weighted by atomic mass is 16.7. The lowest BCUT2D eigenvalue weighted by atomic mass is 9.87. The van der Waals surface area contributed by atoms with Crippen LogP contribution in [0.4, 0.5) is 0 Å². The first-order valence-corrected chi connectivity index (χ1v) is 9.25. The lowest BCUT2D eigenvalue weighted by Crippen LogP contribution is -2.49. The van der Waals surface area contributed by atoms with Crippen molar-refractivity contribution in [3.05, 3.63) is 45.1 Å². The SMILES string of the molecule is COC(=O)C1=NOC2(CCN(C(=O)Cn3c(=O)[nH]c4ccccc4c3=O)CC2)C1. The third-order valence-electron chi connectivity index (χ3n) is 5.47. The molecule has 0 saturated carbocycles. The molecule has 0 bridgehead atoms. The van der Waals surface area contributed by atoms with Crippen LogP contribution in [0.5, 0.6) is 0 Å². The van der Waals surface area contributed by atoms with Crippen molar-refractivity contribution in [1.29, 1.82) is 0 Å². The number of methoxy groups -OCH3 is 1. The van der Waals surface area contributed by atoms with Crippen molar-refractivity contribution < 1.29 is 19.2 Å². The van der Waals surface area contributed by atoms with Crippen LogP contribution >= 0.6 is 0 Å². The van der Waals surface area contributed by atoms with Crippen LogP contribution in [-0.4, -0.2) is 57.8 Å². The highest BCUT2D eigenvalue weighted by Gasteiger charge is 2.44. The quantitative estimate of drug-likeness (QED) is 0.724. The van der Waals surface area contributed by atoms with Crippen molar-refractivity contribution in [3.63, 3.8) is 0 Å². The number of oxime groups is 1. The molecule has 4 rings (SSSR count). The number of likely N-dealkylation sites (tertiary alicyclic amines) is 1. The van der Waals surface area contributed by atoms with Gasteiger partial charge in [-0.1, -0.05) is 17.3 Å². The number of nitrogens with zero attached hydrogens (tertiary/aromatic N) is 3. The van der Waals surface area contributed by atoms with Crippen molar-refractivity contribution in [1.82, 2.24) is 14.5 Å². The number of hydrogen-bond acceptors (Lipinski definition) is 7. The van der Waals surface area contributed by atoms with Crippen LogP contribution in [0.25, 0.3) is 10.9 Å². The fraction of sp³-hybridized carbons (Fsp3) is 0.421. The van der Waals surface area contributed by atoms with E-state index in [1.54, 1.807) is 29.2 Å². The summed E-state index contributed by atoms with van der Waals surface area (Å²) in [5, 5.41) is 4.17. The van der Waals surface area contributed by atoms with E-state index < -0.39 is 22.8 Å². The summed E-state index contributed by atoms with van der Waals surface area (Å²) in [6.45, 7) is 0.419. The summed E-state index contributed by atoms with van der Waals surface area (Å²) in [4.78, 5) is 58.9. The van der Waals surface area contributed by atoms with Crippen molar-refractivity contribution >= 4 is 28.5 Å². The van der Waals surface area contributed by atoms with Gasteiger partial charge in [0, 0.05) is 32.4 Å². The Bertz CT molecular complexity index is 1120. The Morgan fingerprint density at radius 2 is 1.97 bits per heavy atom. The molecule has 2 aliphatic heterocycles. The molecule has 10 heteroatoms. The number of aromatic nitrogens is 2. The standard InChI is InChI=1S/C19H20N4O6/c1-28-17(26)14-10-19(29-21-14)6-8-22(9-7-19)15(24)11-23-16(25)12-4-2-3-5-13(12)20-18(23)27/h2-5H,6-11H2,1H3,(H,20,27). The molecule has 1 saturated heterocycles. The number of hydrogen-bond donors (Lipinski definition) is 1. The molecule has 0 atom stereocenters. The number of ether oxygens (including phenoxy) is 1. The zero-order valence-corrected chi connectivity index (χ0v) is 15.8. The molecule has 1 N–H and O–H groups in total. The molecule has 152 valence electrons. The number of para-hydroxylation sites is 1. The van der Waals surface area contributed by atoms with Crippen LogP contribution in [-0.2, 0) is 25.7 Å². The lowest BCUT2D eigenvalue weighted by molar-refractivity contribution is -0.137. The second kappa shape index (κ2) is 7.19. The normalized spacial score (nSPS) is 17.8. The molecule has 1 amide bonds. The van der Waals surface area contributed by atoms with Crippen LogP contribution < -0.4 is 11.2 Å². The summed E-state index contributed by atoms with van der Waals surface area (Å²) in [5.74, 6) is -0.842. The van der Waals surface area contributed by atoms with Gasteiger partial charge in [0.2, 0.25) is 5.91 Å². The van der Waals surface area contributed by atoms with Gasteiger partial charge in [-0.2, -0.15) is 0 Å². The van der Waals surface area contributed by atoms with Crippen molar-refractivity contribution in [2.24, 2.45) is 5.16 Å². The van der Waals surface area contributed by atoms with Crippen LogP contribution in [0, 0.1) is 0 Å². The van der Waals surface area contributed by atoms with Gasteiger partial charge in [-0.05, 0) is 12.1 Å². The first-order chi connectivity index (χ1) is 13.9. The molecule has 0 aliphatic carbocycles. The second-order valence-corrected chi connectivity index (χ2v) is 7.23. The van der Waals surface area contributed by atoms with Gasteiger partial charge in [-0.3, -0.25) is 14.2 Å². The molecule has 1 fully saturated rings. The Morgan fingerprint density at radius 1 is 1.24 bits per heavy atom. The molecule has 1 aromatic heterocycles. The Hall–Kier alpha value is -3.43. The molecular weight excluding hydrogens is 380 g/mol. The van der Waals surface area contributed by atoms with E-state index in [4.69, 9.17) is 4.84 Å². The number of aromatic amines is 1. The Balaban J connectivity index is 1.44. The van der Waals surface area contributed by atoms with E-state index in [2.05, 4.69) is 14.9 Å². The number of fused-ring (bicyclic) bond motifs is 1. The van der Waals surface area contributed by atoms with Gasteiger partial charge in [-0.25, -0.2) is 9.59 Å². The Kier molecular flexibility index (Phi) is 4.69. The number of H-pyrrole nitrogens is 1. The highest BCUT2D eigenvalue weighted by Crippen LogP contribution is 2.34. The number of piperidine rings is 1. The third-order valence-corrected chi connectivity index (χ3v) is 5.47. The first kappa shape index (κ1) is 18.9. The fourth-order valence-corrected chi connectivity index (χ4v) is 3.76. The Morgan fingerprint density at radius 3 is 2.69 bits per heavy atom. The van der Waals surface area contributed by atoms with Gasteiger partial charge in [0.15, 0.2) is 5.71 Å². The number of benzene rings is 1. The summed E-state index contributed by atoms with van der Waals surface area (Å²) >= 11 is 0. The van der Waals surface area contributed by atoms with Crippen LogP contribution in [0.1, 0.15) is 19.3 Å². The first-order valence-electron chi connectivity index (χ1n) is 9.25. The summed E-state index contributed by atoms with van der Waals surface area (Å²) in [6, 6.07) is 6.66. The minimum absolute atomic E-state index is 0.238. The van der Waals surface area contributed by atoms with Gasteiger partial charge in [0.1, 0.15) is 12.1 Å². The molecule has 1 aromatic carbocycles. The maximum atomic E-state index is 12.7. The van der Waals surface area contributed by atoms with E-state index in [1.165, 1.54) is 7.11 Å². The topological polar surface area (TPSA) is 123 Å². The molecule has 10 nitrogen and oxygen atoms in total. The molecule has 2 aromatic rings. The number of carbonyl (C=O) groups excluding carboxylic acids is 2. The summed E-state index contributed by atoms with van der Waals surface area (Å²) < 4.78 is 5.58. The maximum Gasteiger partial charge on any atom is 0.355 e. The third kappa shape index (κ3) is 3.41. The maximum absolute atomic E-state index is 12.7. The lowest BCUT2D eigenvalue weighted by Gasteiger charge is -2.37. The summed E-state index contributed by atoms with van der Waals surface area (Å²) in [5.41, 5.74) is -1.06. The number of esters is 1. The number of amides is 1. The average Bonchev–Trinajstić information content (AvgIpc) is 3.14. The van der Waals surface area contributed by atoms with E-state index in [9.17, 15) is 19.2 Å². The predicted molar refractivity (Wildman–Crippen MR) is 103 cm³/mol. The molecule has 3 heterocycles. The van der Waals surface area contributed by atoms with Crippen LogP contribution in [0.3, 0.4) is 0 Å². The van der Waals surface area contributed by atoms with E-state index in [0.717, 1.165) is 4.57 Å². The van der Waals surface area contributed by atoms with E-state index in [-0.39, 0.29) is 18.2 Å². The minimum Gasteiger partial charge on any atom is -0.464 e. The minimum atomic E-state index is -0.620. The average molecular weight is 400 g/mol. The van der Waals surface area contributed by atoms with Crippen molar-refractivity contribution in [2.45, 2.75) is 31.4 Å². The van der Waals surface area contributed by atoms with Crippen molar-refractivity contribution in [2.75, 3.05) is 20.2 Å². The fourth-order valence-electron chi connectivity index (χ4n) is 3.76. The van der Waals surface area contributed by atoms with E-state index in [1.807, 2.05) is 0 Å². The van der Waals surface area contributed by atoms with Crippen LogP contribution in [0.2, 0.25) is 0 Å². The summed E-state index contributed by atoms with van der Waals surface area (Å²) in [7, 11) is 1.29. The number of rotatable bonds is 3. The Labute approximate surface area is 164 Å². The molecule has 2 aliphatic rings. The van der Waals surface area contributed by atoms with Gasteiger partial charge in [-0.15, -0.1) is 0 Å². The monoisotopic (exact) mass is 400 g/mol. The van der Waals surface area contributed by atoms with Crippen molar-refractivity contribution in [3.8, 4) is 0 Å². The second-order valence-electron chi connectivity index (χ2n) is 7.23. The zero-order chi connectivity index (χ0) is 20.6. The van der Waals surface area contributed by atoms with Gasteiger partial charge < -0.3 is 19.5 Å². The smallest absolute Gasteiger partial charge is 0.355 e. The van der Waals surface area contributed by atoms with Gasteiger partial charge in [0.25, 0.3) is 5.56 Å². The number of carbonyl (C=O) groups is 2. The molecule has 29 heavy (non-hydrogen) atoms. The van der Waals surface area contributed by atoms with Gasteiger partial charge in [0.05, 0.1) is 18.0 Å². The largest absolute Gasteiger partial charge is 0.464 e. The predicted octanol–water partition coefficient (Wildman–Crippen LogP) is 0.000300. The van der Waals surface area contributed by atoms with Gasteiger partial charge >= 0.3 is 11.7 Å². The van der Waals surface area contributed by atoms with E-state index in [0.29, 0.717) is 43.3 Å². The molecule has 0 radical (unpaired) electrons. The summed E-state index contributed by atoms with van der Waals surface area (Å²) in [6.07, 6.45) is 1.32. The molecular formula is C19H20N4O6. The van der Waals surface area contributed by atoms with Crippen LogP contribution in [0.15, 0.2) is 39.0 Å². The molecule has 0 unspecified atom stereocenters. The highest BCUT2D eigenvalue weighted by molar-refractivity contribution is 6.36. The molecule has 1 spiro atoms. The van der Waals surface area contributed by atoms with E-state index >= 15 is 0 Å². The zero-order valence-electron chi connectivity index (χ0n) is 15.8.